The summed E-state index contributed by atoms with van der Waals surface area (Å²) in [6, 6.07) is 7.40. The molecule has 108 valence electrons. The van der Waals surface area contributed by atoms with Gasteiger partial charge in [0.25, 0.3) is 0 Å². The van der Waals surface area contributed by atoms with E-state index in [0.717, 1.165) is 24.9 Å². The molecule has 0 aromatic heterocycles. The molecule has 0 radical (unpaired) electrons. The van der Waals surface area contributed by atoms with E-state index in [-0.39, 0.29) is 5.91 Å². The summed E-state index contributed by atoms with van der Waals surface area (Å²) in [5.74, 6) is -0.432. The summed E-state index contributed by atoms with van der Waals surface area (Å²) in [5, 5.41) is 0.686. The SMILES string of the molecule is O=C(Cc1ccc(Cl)cc1)N1CCCC2(C1)OCCO2. The maximum Gasteiger partial charge on any atom is 0.227 e. The first-order valence-corrected chi connectivity index (χ1v) is 7.35. The second-order valence-corrected chi connectivity index (χ2v) is 5.77. The Hall–Kier alpha value is -1.10. The smallest absolute Gasteiger partial charge is 0.227 e. The normalized spacial score (nSPS) is 21.4. The molecule has 0 unspecified atom stereocenters. The Morgan fingerprint density at radius 3 is 2.65 bits per heavy atom. The zero-order chi connectivity index (χ0) is 14.0. The highest BCUT2D eigenvalue weighted by atomic mass is 35.5. The highest BCUT2D eigenvalue weighted by molar-refractivity contribution is 6.30. The van der Waals surface area contributed by atoms with Crippen LogP contribution >= 0.6 is 11.6 Å². The van der Waals surface area contributed by atoms with Gasteiger partial charge in [0.05, 0.1) is 26.2 Å². The predicted octanol–water partition coefficient (Wildman–Crippen LogP) is 2.25. The summed E-state index contributed by atoms with van der Waals surface area (Å²) in [6.45, 7) is 2.57. The van der Waals surface area contributed by atoms with Crippen LogP contribution in [-0.4, -0.2) is 42.9 Å². The molecule has 3 rings (SSSR count). The number of carbonyl (C=O) groups excluding carboxylic acids is 1. The molecule has 0 atom stereocenters. The topological polar surface area (TPSA) is 38.8 Å². The maximum atomic E-state index is 12.4. The molecule has 20 heavy (non-hydrogen) atoms. The average Bonchev–Trinajstić information content (AvgIpc) is 2.89. The van der Waals surface area contributed by atoms with Gasteiger partial charge in [0.2, 0.25) is 5.91 Å². The molecule has 2 aliphatic heterocycles. The van der Waals surface area contributed by atoms with Crippen molar-refractivity contribution < 1.29 is 14.3 Å². The first-order valence-electron chi connectivity index (χ1n) is 6.97. The molecule has 4 nitrogen and oxygen atoms in total. The Morgan fingerprint density at radius 2 is 1.95 bits per heavy atom. The van der Waals surface area contributed by atoms with Crippen molar-refractivity contribution in [3.63, 3.8) is 0 Å². The minimum Gasteiger partial charge on any atom is -0.346 e. The lowest BCUT2D eigenvalue weighted by molar-refractivity contribution is -0.192. The molecule has 1 spiro atoms. The molecule has 5 heteroatoms. The Balaban J connectivity index is 1.63. The molecule has 2 heterocycles. The van der Waals surface area contributed by atoms with Gasteiger partial charge in [-0.2, -0.15) is 0 Å². The van der Waals surface area contributed by atoms with Gasteiger partial charge in [-0.05, 0) is 24.1 Å². The molecule has 0 saturated carbocycles. The van der Waals surface area contributed by atoms with Crippen LogP contribution in [0.3, 0.4) is 0 Å². The standard InChI is InChI=1S/C15H18ClNO3/c16-13-4-2-12(3-5-13)10-14(18)17-7-1-6-15(11-17)19-8-9-20-15/h2-5H,1,6-11H2. The van der Waals surface area contributed by atoms with Crippen LogP contribution in [0.1, 0.15) is 18.4 Å². The Morgan fingerprint density at radius 1 is 1.25 bits per heavy atom. The van der Waals surface area contributed by atoms with E-state index in [2.05, 4.69) is 0 Å². The number of hydrogen-bond acceptors (Lipinski definition) is 3. The van der Waals surface area contributed by atoms with E-state index in [1.165, 1.54) is 0 Å². The summed E-state index contributed by atoms with van der Waals surface area (Å²) in [7, 11) is 0. The van der Waals surface area contributed by atoms with Crippen molar-refractivity contribution in [2.75, 3.05) is 26.3 Å². The third-order valence-corrected chi connectivity index (χ3v) is 4.10. The van der Waals surface area contributed by atoms with E-state index in [4.69, 9.17) is 21.1 Å². The molecule has 2 saturated heterocycles. The highest BCUT2D eigenvalue weighted by Crippen LogP contribution is 2.30. The van der Waals surface area contributed by atoms with Crippen LogP contribution in [0.5, 0.6) is 0 Å². The predicted molar refractivity (Wildman–Crippen MR) is 75.6 cm³/mol. The molecule has 1 aromatic rings. The molecule has 1 amide bonds. The van der Waals surface area contributed by atoms with Gasteiger partial charge >= 0.3 is 0 Å². The van der Waals surface area contributed by atoms with Crippen LogP contribution in [0.2, 0.25) is 5.02 Å². The van der Waals surface area contributed by atoms with Crippen LogP contribution in [0.15, 0.2) is 24.3 Å². The third-order valence-electron chi connectivity index (χ3n) is 3.85. The molecule has 0 N–H and O–H groups in total. The summed E-state index contributed by atoms with van der Waals surface area (Å²) in [5.41, 5.74) is 0.979. The molecule has 1 aromatic carbocycles. The number of rotatable bonds is 2. The number of halogens is 1. The summed E-state index contributed by atoms with van der Waals surface area (Å²) < 4.78 is 11.4. The number of amides is 1. The molecule has 2 aliphatic rings. The number of nitrogens with zero attached hydrogens (tertiary/aromatic N) is 1. The average molecular weight is 296 g/mol. The molecular weight excluding hydrogens is 278 g/mol. The van der Waals surface area contributed by atoms with E-state index >= 15 is 0 Å². The van der Waals surface area contributed by atoms with Gasteiger partial charge in [-0.1, -0.05) is 23.7 Å². The van der Waals surface area contributed by atoms with Crippen LogP contribution in [0.4, 0.5) is 0 Å². The van der Waals surface area contributed by atoms with Crippen molar-refractivity contribution in [2.24, 2.45) is 0 Å². The lowest BCUT2D eigenvalue weighted by Gasteiger charge is -2.38. The van der Waals surface area contributed by atoms with Gasteiger partial charge in [-0.3, -0.25) is 4.79 Å². The first-order chi connectivity index (χ1) is 9.67. The Bertz CT molecular complexity index is 482. The van der Waals surface area contributed by atoms with Crippen molar-refractivity contribution in [1.29, 1.82) is 0 Å². The monoisotopic (exact) mass is 295 g/mol. The largest absolute Gasteiger partial charge is 0.346 e. The Labute approximate surface area is 123 Å². The zero-order valence-electron chi connectivity index (χ0n) is 11.3. The van der Waals surface area contributed by atoms with E-state index < -0.39 is 5.79 Å². The van der Waals surface area contributed by atoms with Gasteiger partial charge < -0.3 is 14.4 Å². The van der Waals surface area contributed by atoms with E-state index in [1.807, 2.05) is 29.2 Å². The maximum absolute atomic E-state index is 12.4. The van der Waals surface area contributed by atoms with Crippen molar-refractivity contribution in [3.8, 4) is 0 Å². The van der Waals surface area contributed by atoms with E-state index in [0.29, 0.717) is 31.2 Å². The second-order valence-electron chi connectivity index (χ2n) is 5.33. The van der Waals surface area contributed by atoms with Gasteiger partial charge in [0, 0.05) is 18.0 Å². The van der Waals surface area contributed by atoms with Crippen molar-refractivity contribution in [1.82, 2.24) is 4.90 Å². The van der Waals surface area contributed by atoms with Gasteiger partial charge in [0.1, 0.15) is 0 Å². The fourth-order valence-corrected chi connectivity index (χ4v) is 2.95. The Kier molecular flexibility index (Phi) is 3.96. The van der Waals surface area contributed by atoms with Gasteiger partial charge in [0.15, 0.2) is 5.79 Å². The molecular formula is C15H18ClNO3. The zero-order valence-corrected chi connectivity index (χ0v) is 12.1. The van der Waals surface area contributed by atoms with Crippen LogP contribution in [-0.2, 0) is 20.7 Å². The summed E-state index contributed by atoms with van der Waals surface area (Å²) in [4.78, 5) is 14.2. The first kappa shape index (κ1) is 13.9. The fourth-order valence-electron chi connectivity index (χ4n) is 2.82. The quantitative estimate of drug-likeness (QED) is 0.840. The van der Waals surface area contributed by atoms with Crippen molar-refractivity contribution in [2.45, 2.75) is 25.0 Å². The van der Waals surface area contributed by atoms with Gasteiger partial charge in [-0.15, -0.1) is 0 Å². The van der Waals surface area contributed by atoms with Crippen LogP contribution < -0.4 is 0 Å². The lowest BCUT2D eigenvalue weighted by atomic mass is 10.0. The van der Waals surface area contributed by atoms with E-state index in [1.54, 1.807) is 0 Å². The minimum atomic E-state index is -0.548. The molecule has 0 aliphatic carbocycles. The summed E-state index contributed by atoms with van der Waals surface area (Å²) in [6.07, 6.45) is 2.19. The van der Waals surface area contributed by atoms with Crippen molar-refractivity contribution >= 4 is 17.5 Å². The fraction of sp³-hybridized carbons (Fsp3) is 0.533. The van der Waals surface area contributed by atoms with Crippen LogP contribution in [0.25, 0.3) is 0 Å². The van der Waals surface area contributed by atoms with Gasteiger partial charge in [-0.25, -0.2) is 0 Å². The number of ether oxygens (including phenoxy) is 2. The summed E-state index contributed by atoms with van der Waals surface area (Å²) >= 11 is 5.85. The number of hydrogen-bond donors (Lipinski definition) is 0. The second kappa shape index (κ2) is 5.72. The lowest BCUT2D eigenvalue weighted by Crippen LogP contribution is -2.51. The minimum absolute atomic E-state index is 0.116. The molecule has 2 fully saturated rings. The number of piperidine rings is 1. The number of likely N-dealkylation sites (tertiary alicyclic amines) is 1. The van der Waals surface area contributed by atoms with E-state index in [9.17, 15) is 4.79 Å². The third kappa shape index (κ3) is 2.97. The highest BCUT2D eigenvalue weighted by Gasteiger charge is 2.41. The van der Waals surface area contributed by atoms with Crippen molar-refractivity contribution in [3.05, 3.63) is 34.9 Å². The number of carbonyl (C=O) groups is 1. The van der Waals surface area contributed by atoms with Crippen LogP contribution in [0, 0.1) is 0 Å². The molecule has 0 bridgehead atoms. The number of benzene rings is 1.